The normalized spacial score (nSPS) is 21.1. The fourth-order valence-corrected chi connectivity index (χ4v) is 2.25. The molecule has 6 heteroatoms. The van der Waals surface area contributed by atoms with Gasteiger partial charge in [0.2, 0.25) is 0 Å². The van der Waals surface area contributed by atoms with Gasteiger partial charge in [-0.1, -0.05) is 16.8 Å². The van der Waals surface area contributed by atoms with E-state index < -0.39 is 0 Å². The molecule has 5 nitrogen and oxygen atoms in total. The lowest BCUT2D eigenvalue weighted by Crippen LogP contribution is -2.42. The SMILES string of the molecule is CC1CN(c2ccc(Cl)cc2C(N)=NO)CCO1. The summed E-state index contributed by atoms with van der Waals surface area (Å²) >= 11 is 5.95. The number of oxime groups is 1. The Morgan fingerprint density at radius 3 is 3.06 bits per heavy atom. The maximum Gasteiger partial charge on any atom is 0.172 e. The van der Waals surface area contributed by atoms with Crippen molar-refractivity contribution in [2.75, 3.05) is 24.6 Å². The van der Waals surface area contributed by atoms with Crippen molar-refractivity contribution in [3.8, 4) is 0 Å². The van der Waals surface area contributed by atoms with E-state index in [1.165, 1.54) is 0 Å². The number of anilines is 1. The van der Waals surface area contributed by atoms with Crippen LogP contribution in [0.3, 0.4) is 0 Å². The minimum Gasteiger partial charge on any atom is -0.409 e. The van der Waals surface area contributed by atoms with Gasteiger partial charge in [0, 0.05) is 29.4 Å². The summed E-state index contributed by atoms with van der Waals surface area (Å²) in [6, 6.07) is 5.38. The Labute approximate surface area is 111 Å². The quantitative estimate of drug-likeness (QED) is 0.371. The number of ether oxygens (including phenoxy) is 1. The molecule has 0 aromatic heterocycles. The second-order valence-corrected chi connectivity index (χ2v) is 4.71. The number of hydrogen-bond donors (Lipinski definition) is 2. The molecule has 0 amide bonds. The third-order valence-electron chi connectivity index (χ3n) is 2.92. The predicted octanol–water partition coefficient (Wildman–Crippen LogP) is 1.66. The molecule has 1 aliphatic rings. The smallest absolute Gasteiger partial charge is 0.172 e. The van der Waals surface area contributed by atoms with Gasteiger partial charge in [-0.2, -0.15) is 0 Å². The second-order valence-electron chi connectivity index (χ2n) is 4.27. The minimum absolute atomic E-state index is 0.0617. The molecule has 1 fully saturated rings. The summed E-state index contributed by atoms with van der Waals surface area (Å²) in [4.78, 5) is 2.15. The van der Waals surface area contributed by atoms with Gasteiger partial charge in [0.25, 0.3) is 0 Å². The van der Waals surface area contributed by atoms with E-state index in [0.29, 0.717) is 17.2 Å². The largest absolute Gasteiger partial charge is 0.409 e. The first-order valence-corrected chi connectivity index (χ1v) is 6.13. The van der Waals surface area contributed by atoms with E-state index in [4.69, 9.17) is 27.3 Å². The second kappa shape index (κ2) is 5.46. The molecule has 0 saturated carbocycles. The van der Waals surface area contributed by atoms with Gasteiger partial charge in [-0.3, -0.25) is 0 Å². The highest BCUT2D eigenvalue weighted by atomic mass is 35.5. The lowest BCUT2D eigenvalue weighted by Gasteiger charge is -2.34. The van der Waals surface area contributed by atoms with Gasteiger partial charge in [0.05, 0.1) is 12.7 Å². The molecule has 18 heavy (non-hydrogen) atoms. The lowest BCUT2D eigenvalue weighted by molar-refractivity contribution is 0.0532. The molecular formula is C12H16ClN3O2. The number of benzene rings is 1. The molecule has 1 atom stereocenters. The fraction of sp³-hybridized carbons (Fsp3) is 0.417. The van der Waals surface area contributed by atoms with Crippen LogP contribution >= 0.6 is 11.6 Å². The molecule has 0 bridgehead atoms. The van der Waals surface area contributed by atoms with E-state index in [2.05, 4.69) is 10.1 Å². The molecule has 1 aromatic rings. The van der Waals surface area contributed by atoms with E-state index in [-0.39, 0.29) is 11.9 Å². The highest BCUT2D eigenvalue weighted by Crippen LogP contribution is 2.26. The number of nitrogens with two attached hydrogens (primary N) is 1. The Bertz CT molecular complexity index is 465. The van der Waals surface area contributed by atoms with Crippen LogP contribution in [0.2, 0.25) is 5.02 Å². The van der Waals surface area contributed by atoms with Crippen molar-refractivity contribution in [3.05, 3.63) is 28.8 Å². The first-order valence-electron chi connectivity index (χ1n) is 5.76. The predicted molar refractivity (Wildman–Crippen MR) is 71.6 cm³/mol. The van der Waals surface area contributed by atoms with Crippen LogP contribution in [-0.4, -0.2) is 36.8 Å². The highest BCUT2D eigenvalue weighted by molar-refractivity contribution is 6.31. The van der Waals surface area contributed by atoms with Gasteiger partial charge in [-0.15, -0.1) is 0 Å². The van der Waals surface area contributed by atoms with Crippen LogP contribution in [0.4, 0.5) is 5.69 Å². The summed E-state index contributed by atoms with van der Waals surface area (Å²) in [5.74, 6) is 0.0617. The first-order chi connectivity index (χ1) is 8.61. The number of rotatable bonds is 2. The van der Waals surface area contributed by atoms with Gasteiger partial charge in [0.15, 0.2) is 5.84 Å². The van der Waals surface area contributed by atoms with Crippen LogP contribution in [0.25, 0.3) is 0 Å². The maximum atomic E-state index is 8.83. The fourth-order valence-electron chi connectivity index (χ4n) is 2.08. The zero-order chi connectivity index (χ0) is 13.1. The number of halogens is 1. The monoisotopic (exact) mass is 269 g/mol. The molecule has 0 radical (unpaired) electrons. The zero-order valence-corrected chi connectivity index (χ0v) is 10.9. The highest BCUT2D eigenvalue weighted by Gasteiger charge is 2.20. The molecule has 1 heterocycles. The van der Waals surface area contributed by atoms with Crippen molar-refractivity contribution in [2.24, 2.45) is 10.9 Å². The number of hydrogen-bond acceptors (Lipinski definition) is 4. The van der Waals surface area contributed by atoms with E-state index >= 15 is 0 Å². The molecular weight excluding hydrogens is 254 g/mol. The molecule has 0 aliphatic carbocycles. The van der Waals surface area contributed by atoms with Crippen LogP contribution in [0.5, 0.6) is 0 Å². The van der Waals surface area contributed by atoms with Crippen molar-refractivity contribution in [3.63, 3.8) is 0 Å². The van der Waals surface area contributed by atoms with Gasteiger partial charge < -0.3 is 20.6 Å². The van der Waals surface area contributed by atoms with Gasteiger partial charge >= 0.3 is 0 Å². The van der Waals surface area contributed by atoms with E-state index in [1.807, 2.05) is 13.0 Å². The summed E-state index contributed by atoms with van der Waals surface area (Å²) in [7, 11) is 0. The van der Waals surface area contributed by atoms with Gasteiger partial charge in [0.1, 0.15) is 0 Å². The third-order valence-corrected chi connectivity index (χ3v) is 3.16. The summed E-state index contributed by atoms with van der Waals surface area (Å²) < 4.78 is 5.50. The molecule has 2 rings (SSSR count). The Hall–Kier alpha value is -1.46. The van der Waals surface area contributed by atoms with Crippen molar-refractivity contribution in [1.29, 1.82) is 0 Å². The average Bonchev–Trinajstić information content (AvgIpc) is 2.37. The minimum atomic E-state index is 0.0617. The summed E-state index contributed by atoms with van der Waals surface area (Å²) in [6.07, 6.45) is 0.162. The molecule has 1 aliphatic heterocycles. The van der Waals surface area contributed by atoms with Crippen molar-refractivity contribution in [1.82, 2.24) is 0 Å². The van der Waals surface area contributed by atoms with E-state index in [9.17, 15) is 0 Å². The number of amidine groups is 1. The molecule has 3 N–H and O–H groups in total. The topological polar surface area (TPSA) is 71.1 Å². The Morgan fingerprint density at radius 1 is 1.61 bits per heavy atom. The maximum absolute atomic E-state index is 8.83. The molecule has 0 spiro atoms. The average molecular weight is 270 g/mol. The third kappa shape index (κ3) is 2.68. The number of morpholine rings is 1. The summed E-state index contributed by atoms with van der Waals surface area (Å²) in [6.45, 7) is 4.23. The van der Waals surface area contributed by atoms with Crippen LogP contribution < -0.4 is 10.6 Å². The van der Waals surface area contributed by atoms with Crippen LogP contribution in [-0.2, 0) is 4.74 Å². The van der Waals surface area contributed by atoms with Crippen LogP contribution in [0, 0.1) is 0 Å². The lowest BCUT2D eigenvalue weighted by atomic mass is 10.1. The van der Waals surface area contributed by atoms with E-state index in [0.717, 1.165) is 18.8 Å². The summed E-state index contributed by atoms with van der Waals surface area (Å²) in [5.41, 5.74) is 7.23. The Balaban J connectivity index is 2.37. The molecule has 1 unspecified atom stereocenters. The Kier molecular flexibility index (Phi) is 3.93. The first kappa shape index (κ1) is 13.0. The number of nitrogens with zero attached hydrogens (tertiary/aromatic N) is 2. The van der Waals surface area contributed by atoms with Gasteiger partial charge in [-0.05, 0) is 25.1 Å². The van der Waals surface area contributed by atoms with Crippen LogP contribution in [0.15, 0.2) is 23.4 Å². The van der Waals surface area contributed by atoms with Crippen molar-refractivity contribution >= 4 is 23.1 Å². The van der Waals surface area contributed by atoms with Crippen LogP contribution in [0.1, 0.15) is 12.5 Å². The standard InChI is InChI=1S/C12H16ClN3O2/c1-8-7-16(4-5-18-8)11-3-2-9(13)6-10(11)12(14)15-17/h2-3,6,8,17H,4-5,7H2,1H3,(H2,14,15). The van der Waals surface area contributed by atoms with Crippen molar-refractivity contribution in [2.45, 2.75) is 13.0 Å². The Morgan fingerprint density at radius 2 is 2.39 bits per heavy atom. The van der Waals surface area contributed by atoms with Gasteiger partial charge in [-0.25, -0.2) is 0 Å². The van der Waals surface area contributed by atoms with Crippen molar-refractivity contribution < 1.29 is 9.94 Å². The molecule has 1 saturated heterocycles. The molecule has 98 valence electrons. The summed E-state index contributed by atoms with van der Waals surface area (Å²) in [5, 5.41) is 12.4. The zero-order valence-electron chi connectivity index (χ0n) is 10.1. The van der Waals surface area contributed by atoms with E-state index in [1.54, 1.807) is 12.1 Å². The molecule has 1 aromatic carbocycles.